The zero-order chi connectivity index (χ0) is 9.26. The molecule has 2 heterocycles. The fourth-order valence-corrected chi connectivity index (χ4v) is 1.56. The van der Waals surface area contributed by atoms with Gasteiger partial charge in [-0.05, 0) is 18.9 Å². The van der Waals surface area contributed by atoms with Crippen molar-refractivity contribution in [2.75, 3.05) is 6.61 Å². The van der Waals surface area contributed by atoms with Crippen molar-refractivity contribution < 1.29 is 4.74 Å². The molecule has 3 nitrogen and oxygen atoms in total. The summed E-state index contributed by atoms with van der Waals surface area (Å²) in [6, 6.07) is 3.86. The zero-order valence-corrected chi connectivity index (χ0v) is 7.92. The maximum atomic E-state index is 5.85. The van der Waals surface area contributed by atoms with E-state index in [1.54, 1.807) is 6.07 Å². The number of hydrogen-bond donors (Lipinski definition) is 1. The van der Waals surface area contributed by atoms with E-state index in [1.807, 2.05) is 6.07 Å². The Morgan fingerprint density at radius 1 is 1.54 bits per heavy atom. The van der Waals surface area contributed by atoms with Crippen molar-refractivity contribution in [2.24, 2.45) is 5.73 Å². The number of aromatic nitrogens is 1. The molecule has 1 aliphatic rings. The van der Waals surface area contributed by atoms with Crippen molar-refractivity contribution in [3.8, 4) is 5.88 Å². The molecule has 1 atom stereocenters. The Kier molecular flexibility index (Phi) is 2.38. The van der Waals surface area contributed by atoms with Crippen LogP contribution in [0.5, 0.6) is 5.88 Å². The summed E-state index contributed by atoms with van der Waals surface area (Å²) in [5, 5.41) is 0.467. The van der Waals surface area contributed by atoms with E-state index < -0.39 is 0 Å². The predicted octanol–water partition coefficient (Wildman–Crippen LogP) is 1.39. The largest absolute Gasteiger partial charge is 0.477 e. The van der Waals surface area contributed by atoms with Gasteiger partial charge in [0, 0.05) is 11.6 Å². The van der Waals surface area contributed by atoms with Crippen molar-refractivity contribution in [1.29, 1.82) is 0 Å². The molecule has 0 radical (unpaired) electrons. The van der Waals surface area contributed by atoms with Crippen molar-refractivity contribution in [2.45, 2.75) is 18.9 Å². The molecular formula is C9H11ClN2O. The molecule has 4 heteroatoms. The minimum atomic E-state index is 0.171. The van der Waals surface area contributed by atoms with Crippen LogP contribution in [-0.4, -0.2) is 17.6 Å². The smallest absolute Gasteiger partial charge is 0.218 e. The molecule has 1 unspecified atom stereocenters. The molecular weight excluding hydrogens is 188 g/mol. The van der Waals surface area contributed by atoms with Crippen LogP contribution in [0.1, 0.15) is 12.0 Å². The van der Waals surface area contributed by atoms with E-state index in [0.717, 1.165) is 18.4 Å². The molecule has 0 amide bonds. The fraction of sp³-hybridized carbons (Fsp3) is 0.444. The summed E-state index contributed by atoms with van der Waals surface area (Å²) in [4.78, 5) is 4.10. The SMILES string of the molecule is NC1CCOc2nc(Cl)ccc2C1. The lowest BCUT2D eigenvalue weighted by atomic mass is 10.1. The molecule has 1 aromatic heterocycles. The Morgan fingerprint density at radius 3 is 3.23 bits per heavy atom. The van der Waals surface area contributed by atoms with Crippen molar-refractivity contribution >= 4 is 11.6 Å². The minimum Gasteiger partial charge on any atom is -0.477 e. The Hall–Kier alpha value is -0.800. The van der Waals surface area contributed by atoms with Crippen molar-refractivity contribution in [3.63, 3.8) is 0 Å². The average Bonchev–Trinajstić information content (AvgIpc) is 2.25. The first-order valence-electron chi connectivity index (χ1n) is 4.29. The lowest BCUT2D eigenvalue weighted by Crippen LogP contribution is -2.22. The maximum absolute atomic E-state index is 5.85. The van der Waals surface area contributed by atoms with E-state index in [-0.39, 0.29) is 6.04 Å². The number of halogens is 1. The third-order valence-electron chi connectivity index (χ3n) is 2.11. The molecule has 0 spiro atoms. The van der Waals surface area contributed by atoms with Gasteiger partial charge in [0.2, 0.25) is 5.88 Å². The van der Waals surface area contributed by atoms with Crippen LogP contribution in [0, 0.1) is 0 Å². The van der Waals surface area contributed by atoms with E-state index in [2.05, 4.69) is 4.98 Å². The molecule has 0 bridgehead atoms. The molecule has 1 aromatic rings. The Labute approximate surface area is 81.9 Å². The topological polar surface area (TPSA) is 48.1 Å². The van der Waals surface area contributed by atoms with Gasteiger partial charge in [0.25, 0.3) is 0 Å². The van der Waals surface area contributed by atoms with E-state index in [4.69, 9.17) is 22.1 Å². The normalized spacial score (nSPS) is 21.5. The Morgan fingerprint density at radius 2 is 2.38 bits per heavy atom. The van der Waals surface area contributed by atoms with E-state index in [0.29, 0.717) is 17.6 Å². The number of ether oxygens (including phenoxy) is 1. The van der Waals surface area contributed by atoms with Crippen LogP contribution in [0.4, 0.5) is 0 Å². The van der Waals surface area contributed by atoms with Crippen molar-refractivity contribution in [3.05, 3.63) is 22.8 Å². The van der Waals surface area contributed by atoms with Gasteiger partial charge >= 0.3 is 0 Å². The quantitative estimate of drug-likeness (QED) is 0.641. The summed E-state index contributed by atoms with van der Waals surface area (Å²) >= 11 is 5.74. The number of fused-ring (bicyclic) bond motifs is 1. The highest BCUT2D eigenvalue weighted by atomic mass is 35.5. The van der Waals surface area contributed by atoms with Crippen LogP contribution in [0.15, 0.2) is 12.1 Å². The molecule has 0 fully saturated rings. The lowest BCUT2D eigenvalue weighted by Gasteiger charge is -2.05. The molecule has 0 aromatic carbocycles. The minimum absolute atomic E-state index is 0.171. The highest BCUT2D eigenvalue weighted by Crippen LogP contribution is 2.23. The molecule has 1 aliphatic heterocycles. The standard InChI is InChI=1S/C9H11ClN2O/c10-8-2-1-6-5-7(11)3-4-13-9(6)12-8/h1-2,7H,3-5,11H2. The average molecular weight is 199 g/mol. The van der Waals surface area contributed by atoms with Gasteiger partial charge in [0.15, 0.2) is 0 Å². The molecule has 2 rings (SSSR count). The summed E-state index contributed by atoms with van der Waals surface area (Å²) in [6.45, 7) is 0.626. The molecule has 0 saturated heterocycles. The van der Waals surface area contributed by atoms with Gasteiger partial charge in [-0.1, -0.05) is 17.7 Å². The predicted molar refractivity (Wildman–Crippen MR) is 51.0 cm³/mol. The number of nitrogens with two attached hydrogens (primary N) is 1. The molecule has 13 heavy (non-hydrogen) atoms. The maximum Gasteiger partial charge on any atom is 0.218 e. The monoisotopic (exact) mass is 198 g/mol. The van der Waals surface area contributed by atoms with Gasteiger partial charge in [0.1, 0.15) is 5.15 Å². The Bertz CT molecular complexity index is 316. The molecule has 2 N–H and O–H groups in total. The summed E-state index contributed by atoms with van der Waals surface area (Å²) in [5.41, 5.74) is 6.90. The van der Waals surface area contributed by atoms with E-state index in [9.17, 15) is 0 Å². The van der Waals surface area contributed by atoms with Crippen LogP contribution in [0.2, 0.25) is 5.15 Å². The van der Waals surface area contributed by atoms with Gasteiger partial charge in [0.05, 0.1) is 6.61 Å². The third kappa shape index (κ3) is 1.92. The van der Waals surface area contributed by atoms with Gasteiger partial charge < -0.3 is 10.5 Å². The van der Waals surface area contributed by atoms with Crippen LogP contribution >= 0.6 is 11.6 Å². The molecule has 0 saturated carbocycles. The number of rotatable bonds is 0. The van der Waals surface area contributed by atoms with Gasteiger partial charge in [-0.3, -0.25) is 0 Å². The summed E-state index contributed by atoms with van der Waals surface area (Å²) in [7, 11) is 0. The second-order valence-corrected chi connectivity index (χ2v) is 3.59. The molecule has 0 aliphatic carbocycles. The van der Waals surface area contributed by atoms with Crippen LogP contribution in [0.3, 0.4) is 0 Å². The van der Waals surface area contributed by atoms with Crippen LogP contribution < -0.4 is 10.5 Å². The highest BCUT2D eigenvalue weighted by Gasteiger charge is 2.15. The first kappa shape index (κ1) is 8.78. The third-order valence-corrected chi connectivity index (χ3v) is 2.33. The summed E-state index contributed by atoms with van der Waals surface area (Å²) in [5.74, 6) is 0.639. The first-order valence-corrected chi connectivity index (χ1v) is 4.67. The van der Waals surface area contributed by atoms with Crippen LogP contribution in [-0.2, 0) is 6.42 Å². The van der Waals surface area contributed by atoms with Gasteiger partial charge in [-0.2, -0.15) is 0 Å². The first-order chi connectivity index (χ1) is 6.25. The van der Waals surface area contributed by atoms with Gasteiger partial charge in [-0.15, -0.1) is 0 Å². The zero-order valence-electron chi connectivity index (χ0n) is 7.16. The lowest BCUT2D eigenvalue weighted by molar-refractivity contribution is 0.299. The second kappa shape index (κ2) is 3.52. The number of nitrogens with zero attached hydrogens (tertiary/aromatic N) is 1. The Balaban J connectivity index is 2.34. The highest BCUT2D eigenvalue weighted by molar-refractivity contribution is 6.29. The molecule has 70 valence electrons. The number of hydrogen-bond acceptors (Lipinski definition) is 3. The van der Waals surface area contributed by atoms with Crippen LogP contribution in [0.25, 0.3) is 0 Å². The number of pyridine rings is 1. The summed E-state index contributed by atoms with van der Waals surface area (Å²) in [6.07, 6.45) is 1.69. The fourth-order valence-electron chi connectivity index (χ4n) is 1.42. The summed E-state index contributed by atoms with van der Waals surface area (Å²) < 4.78 is 5.42. The second-order valence-electron chi connectivity index (χ2n) is 3.20. The van der Waals surface area contributed by atoms with Gasteiger partial charge in [-0.25, -0.2) is 4.98 Å². The van der Waals surface area contributed by atoms with E-state index >= 15 is 0 Å². The van der Waals surface area contributed by atoms with E-state index in [1.165, 1.54) is 0 Å². The van der Waals surface area contributed by atoms with Crippen molar-refractivity contribution in [1.82, 2.24) is 4.98 Å².